The highest BCUT2D eigenvalue weighted by Crippen LogP contribution is 2.25. The Balaban J connectivity index is 1.34. The molecular formula is C29H40N4O8. The van der Waals surface area contributed by atoms with Crippen molar-refractivity contribution in [3.05, 3.63) is 59.2 Å². The third kappa shape index (κ3) is 10.4. The topological polar surface area (TPSA) is 144 Å². The summed E-state index contributed by atoms with van der Waals surface area (Å²) < 4.78 is 24.2. The van der Waals surface area contributed by atoms with Gasteiger partial charge in [-0.25, -0.2) is 19.6 Å². The standard InChI is InChI=1S/C29H40N4O8/c34-28(35)24-6-1-4-22(30-24)20-32-10-14-38-18-19-39-15-11-33(21-23-5-2-7-25(31-23)29(36)37)13-17-41-27-9-3-8-26(27)40-16-12-32/h1-2,4-7,26-27H,3,8-21H2,(H,34,35)(H,36,37)/t26-,27+. The Hall–Kier alpha value is -3.00. The summed E-state index contributed by atoms with van der Waals surface area (Å²) in [4.78, 5) is 35.5. The van der Waals surface area contributed by atoms with E-state index in [2.05, 4.69) is 19.8 Å². The van der Waals surface area contributed by atoms with Gasteiger partial charge in [0.15, 0.2) is 0 Å². The molecule has 0 bridgehead atoms. The van der Waals surface area contributed by atoms with Crippen LogP contribution in [0, 0.1) is 0 Å². The Morgan fingerprint density at radius 3 is 1.56 bits per heavy atom. The fourth-order valence-electron chi connectivity index (χ4n) is 5.02. The molecule has 12 heteroatoms. The molecule has 1 aliphatic carbocycles. The SMILES string of the molecule is O=C(O)c1cccc(CN2CCOCCOCCN(Cc3cccc(C(=O)O)n3)CCO[C@@H]3CCC[C@@H]3OCC2)n1. The van der Waals surface area contributed by atoms with Crippen LogP contribution in [0.4, 0.5) is 0 Å². The maximum atomic E-state index is 11.3. The molecule has 224 valence electrons. The van der Waals surface area contributed by atoms with Crippen LogP contribution < -0.4 is 0 Å². The van der Waals surface area contributed by atoms with Gasteiger partial charge >= 0.3 is 11.9 Å². The van der Waals surface area contributed by atoms with Crippen LogP contribution in [0.1, 0.15) is 51.6 Å². The zero-order valence-electron chi connectivity index (χ0n) is 23.4. The average Bonchev–Trinajstić information content (AvgIpc) is 3.41. The number of fused-ring (bicyclic) bond motifs is 1. The molecule has 2 aliphatic rings. The van der Waals surface area contributed by atoms with Gasteiger partial charge in [-0.2, -0.15) is 0 Å². The van der Waals surface area contributed by atoms with E-state index in [1.807, 2.05) is 12.1 Å². The summed E-state index contributed by atoms with van der Waals surface area (Å²) in [6, 6.07) is 10.1. The molecule has 4 rings (SSSR count). The third-order valence-electron chi connectivity index (χ3n) is 7.17. The number of aromatic nitrogens is 2. The second kappa shape index (κ2) is 16.4. The van der Waals surface area contributed by atoms with E-state index in [9.17, 15) is 19.8 Å². The lowest BCUT2D eigenvalue weighted by molar-refractivity contribution is -0.0669. The molecule has 2 aromatic heterocycles. The lowest BCUT2D eigenvalue weighted by atomic mass is 10.2. The van der Waals surface area contributed by atoms with Crippen molar-refractivity contribution < 1.29 is 38.7 Å². The molecule has 1 aliphatic heterocycles. The Bertz CT molecular complexity index is 1030. The summed E-state index contributed by atoms with van der Waals surface area (Å²) in [5, 5.41) is 18.6. The number of carboxylic acid groups (broad SMARTS) is 2. The van der Waals surface area contributed by atoms with Crippen molar-refractivity contribution in [2.45, 2.75) is 44.6 Å². The van der Waals surface area contributed by atoms with Crippen molar-refractivity contribution >= 4 is 11.9 Å². The quantitative estimate of drug-likeness (QED) is 0.524. The van der Waals surface area contributed by atoms with Crippen LogP contribution in [0.25, 0.3) is 0 Å². The lowest BCUT2D eigenvalue weighted by Crippen LogP contribution is -2.36. The normalized spacial score (nSPS) is 22.8. The fourth-order valence-corrected chi connectivity index (χ4v) is 5.02. The minimum absolute atomic E-state index is 0.0196. The van der Waals surface area contributed by atoms with Crippen LogP contribution in [-0.2, 0) is 32.0 Å². The van der Waals surface area contributed by atoms with E-state index in [1.54, 1.807) is 12.1 Å². The van der Waals surface area contributed by atoms with Crippen molar-refractivity contribution in [3.8, 4) is 0 Å². The molecule has 41 heavy (non-hydrogen) atoms. The molecule has 2 aromatic rings. The van der Waals surface area contributed by atoms with Gasteiger partial charge in [0.2, 0.25) is 0 Å². The van der Waals surface area contributed by atoms with Gasteiger partial charge in [-0.1, -0.05) is 12.1 Å². The number of hydrogen-bond donors (Lipinski definition) is 2. The summed E-state index contributed by atoms with van der Waals surface area (Å²) in [5.41, 5.74) is 1.44. The number of ether oxygens (including phenoxy) is 4. The van der Waals surface area contributed by atoms with Gasteiger partial charge in [0.1, 0.15) is 11.4 Å². The highest BCUT2D eigenvalue weighted by molar-refractivity contribution is 5.85. The summed E-state index contributed by atoms with van der Waals surface area (Å²) in [5.74, 6) is -2.09. The van der Waals surface area contributed by atoms with Gasteiger partial charge in [-0.05, 0) is 43.5 Å². The van der Waals surface area contributed by atoms with Crippen molar-refractivity contribution in [1.29, 1.82) is 0 Å². The molecule has 1 saturated heterocycles. The Kier molecular flexibility index (Phi) is 12.4. The Labute approximate surface area is 240 Å². The first kappa shape index (κ1) is 30.9. The zero-order valence-corrected chi connectivity index (χ0v) is 23.4. The second-order valence-corrected chi connectivity index (χ2v) is 10.2. The Morgan fingerprint density at radius 2 is 1.12 bits per heavy atom. The first-order valence-corrected chi connectivity index (χ1v) is 14.2. The molecule has 1 saturated carbocycles. The average molecular weight is 573 g/mol. The largest absolute Gasteiger partial charge is 0.477 e. The summed E-state index contributed by atoms with van der Waals surface area (Å²) in [6.45, 7) is 6.50. The van der Waals surface area contributed by atoms with Crippen molar-refractivity contribution in [1.82, 2.24) is 19.8 Å². The molecule has 0 radical (unpaired) electrons. The fraction of sp³-hybridized carbons (Fsp3) is 0.586. The van der Waals surface area contributed by atoms with Crippen molar-refractivity contribution in [2.24, 2.45) is 0 Å². The van der Waals surface area contributed by atoms with Gasteiger partial charge in [0.25, 0.3) is 0 Å². The number of hydrogen-bond acceptors (Lipinski definition) is 10. The summed E-state index contributed by atoms with van der Waals surface area (Å²) >= 11 is 0. The molecule has 2 atom stereocenters. The van der Waals surface area contributed by atoms with Crippen LogP contribution in [0.15, 0.2) is 36.4 Å². The van der Waals surface area contributed by atoms with E-state index in [-0.39, 0.29) is 23.6 Å². The van der Waals surface area contributed by atoms with E-state index in [4.69, 9.17) is 18.9 Å². The molecule has 3 heterocycles. The molecule has 2 N–H and O–H groups in total. The van der Waals surface area contributed by atoms with Gasteiger partial charge in [-0.15, -0.1) is 0 Å². The van der Waals surface area contributed by atoms with Gasteiger partial charge in [-0.3, -0.25) is 9.80 Å². The summed E-state index contributed by atoms with van der Waals surface area (Å²) in [6.07, 6.45) is 2.97. The molecule has 0 amide bonds. The molecule has 0 aromatic carbocycles. The van der Waals surface area contributed by atoms with Crippen molar-refractivity contribution in [2.75, 3.05) is 65.8 Å². The molecule has 2 fully saturated rings. The first-order chi connectivity index (χ1) is 20.0. The van der Waals surface area contributed by atoms with Crippen LogP contribution >= 0.6 is 0 Å². The minimum Gasteiger partial charge on any atom is -0.477 e. The molecule has 0 unspecified atom stereocenters. The smallest absolute Gasteiger partial charge is 0.354 e. The summed E-state index contributed by atoms with van der Waals surface area (Å²) in [7, 11) is 0. The monoisotopic (exact) mass is 572 g/mol. The number of carboxylic acids is 2. The van der Waals surface area contributed by atoms with E-state index >= 15 is 0 Å². The van der Waals surface area contributed by atoms with E-state index in [0.29, 0.717) is 90.3 Å². The number of rotatable bonds is 6. The van der Waals surface area contributed by atoms with E-state index in [0.717, 1.165) is 19.3 Å². The highest BCUT2D eigenvalue weighted by atomic mass is 16.5. The maximum absolute atomic E-state index is 11.3. The molecular weight excluding hydrogens is 532 g/mol. The first-order valence-electron chi connectivity index (χ1n) is 14.2. The second-order valence-electron chi connectivity index (χ2n) is 10.2. The van der Waals surface area contributed by atoms with Gasteiger partial charge in [0, 0.05) is 39.3 Å². The number of carbonyl (C=O) groups is 2. The maximum Gasteiger partial charge on any atom is 0.354 e. The molecule has 0 spiro atoms. The highest BCUT2D eigenvalue weighted by Gasteiger charge is 2.29. The van der Waals surface area contributed by atoms with Gasteiger partial charge in [0.05, 0.1) is 63.2 Å². The lowest BCUT2D eigenvalue weighted by Gasteiger charge is -2.27. The van der Waals surface area contributed by atoms with Gasteiger partial charge < -0.3 is 29.2 Å². The zero-order chi connectivity index (χ0) is 28.9. The van der Waals surface area contributed by atoms with Crippen LogP contribution in [0.5, 0.6) is 0 Å². The number of aromatic carboxylic acids is 2. The van der Waals surface area contributed by atoms with E-state index in [1.165, 1.54) is 12.1 Å². The predicted molar refractivity (Wildman–Crippen MR) is 148 cm³/mol. The third-order valence-corrected chi connectivity index (χ3v) is 7.17. The molecule has 12 nitrogen and oxygen atoms in total. The van der Waals surface area contributed by atoms with Crippen LogP contribution in [-0.4, -0.2) is 120 Å². The predicted octanol–water partition coefficient (Wildman–Crippen LogP) is 2.18. The number of pyridine rings is 2. The van der Waals surface area contributed by atoms with Crippen LogP contribution in [0.3, 0.4) is 0 Å². The van der Waals surface area contributed by atoms with Crippen LogP contribution in [0.2, 0.25) is 0 Å². The Morgan fingerprint density at radius 1 is 0.683 bits per heavy atom. The minimum atomic E-state index is -1.04. The van der Waals surface area contributed by atoms with E-state index < -0.39 is 11.9 Å². The van der Waals surface area contributed by atoms with Crippen molar-refractivity contribution in [3.63, 3.8) is 0 Å². The number of nitrogens with zero attached hydrogens (tertiary/aromatic N) is 4.